The lowest BCUT2D eigenvalue weighted by Gasteiger charge is -2.09. The van der Waals surface area contributed by atoms with Crippen LogP contribution in [0.4, 0.5) is 4.79 Å². The average Bonchev–Trinajstić information content (AvgIpc) is 3.07. The summed E-state index contributed by atoms with van der Waals surface area (Å²) in [5.74, 6) is 1.82. The largest absolute Gasteiger partial charge is 0.338 e. The van der Waals surface area contributed by atoms with Crippen LogP contribution in [0.25, 0.3) is 0 Å². The lowest BCUT2D eigenvalue weighted by molar-refractivity contribution is 0.240. The molecule has 5 heteroatoms. The van der Waals surface area contributed by atoms with Crippen LogP contribution < -0.4 is 10.6 Å². The van der Waals surface area contributed by atoms with Gasteiger partial charge in [-0.2, -0.15) is 0 Å². The quantitative estimate of drug-likeness (QED) is 0.785. The van der Waals surface area contributed by atoms with Gasteiger partial charge in [-0.1, -0.05) is 6.92 Å². The Labute approximate surface area is 102 Å². The second kappa shape index (κ2) is 5.70. The first-order chi connectivity index (χ1) is 8.31. The van der Waals surface area contributed by atoms with E-state index in [-0.39, 0.29) is 6.03 Å². The molecule has 0 aliphatic heterocycles. The molecule has 0 atom stereocenters. The van der Waals surface area contributed by atoms with E-state index < -0.39 is 0 Å². The van der Waals surface area contributed by atoms with Gasteiger partial charge in [0, 0.05) is 37.9 Å². The second-order valence-electron chi connectivity index (χ2n) is 4.44. The number of imidazole rings is 1. The molecule has 0 bridgehead atoms. The van der Waals surface area contributed by atoms with Crippen molar-refractivity contribution in [1.82, 2.24) is 20.2 Å². The number of aromatic nitrogens is 2. The summed E-state index contributed by atoms with van der Waals surface area (Å²) in [5, 5.41) is 5.63. The van der Waals surface area contributed by atoms with E-state index >= 15 is 0 Å². The van der Waals surface area contributed by atoms with Gasteiger partial charge in [0.1, 0.15) is 5.82 Å². The molecule has 1 aromatic heterocycles. The standard InChI is InChI=1S/C12H20N4O/c1-2-5-14-12(17)15-7-9-16-8-6-13-11(16)10-3-4-10/h6,8,10H,2-5,7,9H2,1H3,(H2,14,15,17). The van der Waals surface area contributed by atoms with Crippen molar-refractivity contribution in [1.29, 1.82) is 0 Å². The Balaban J connectivity index is 1.70. The maximum absolute atomic E-state index is 11.3. The van der Waals surface area contributed by atoms with Gasteiger partial charge in [-0.05, 0) is 19.3 Å². The number of rotatable bonds is 6. The molecule has 0 radical (unpaired) electrons. The topological polar surface area (TPSA) is 59.0 Å². The van der Waals surface area contributed by atoms with Gasteiger partial charge in [0.25, 0.3) is 0 Å². The fourth-order valence-corrected chi connectivity index (χ4v) is 1.80. The highest BCUT2D eigenvalue weighted by Crippen LogP contribution is 2.38. The van der Waals surface area contributed by atoms with Gasteiger partial charge < -0.3 is 15.2 Å². The number of amides is 2. The van der Waals surface area contributed by atoms with E-state index in [9.17, 15) is 4.79 Å². The van der Waals surface area contributed by atoms with Crippen molar-refractivity contribution in [3.05, 3.63) is 18.2 Å². The SMILES string of the molecule is CCCNC(=O)NCCn1ccnc1C1CC1. The van der Waals surface area contributed by atoms with Crippen LogP contribution in [0.2, 0.25) is 0 Å². The van der Waals surface area contributed by atoms with Crippen molar-refractivity contribution in [2.75, 3.05) is 13.1 Å². The van der Waals surface area contributed by atoms with E-state index in [1.54, 1.807) is 0 Å². The molecule has 2 rings (SSSR count). The van der Waals surface area contributed by atoms with Gasteiger partial charge in [-0.15, -0.1) is 0 Å². The van der Waals surface area contributed by atoms with Crippen molar-refractivity contribution < 1.29 is 4.79 Å². The van der Waals surface area contributed by atoms with Gasteiger partial charge in [-0.3, -0.25) is 0 Å². The van der Waals surface area contributed by atoms with Crippen LogP contribution in [0.3, 0.4) is 0 Å². The molecule has 1 aliphatic rings. The Bertz CT molecular complexity index is 370. The molecule has 1 heterocycles. The van der Waals surface area contributed by atoms with Crippen LogP contribution in [0, 0.1) is 0 Å². The van der Waals surface area contributed by atoms with E-state index in [1.807, 2.05) is 19.3 Å². The molecule has 1 aliphatic carbocycles. The van der Waals surface area contributed by atoms with Gasteiger partial charge >= 0.3 is 6.03 Å². The molecule has 0 saturated heterocycles. The molecule has 94 valence electrons. The monoisotopic (exact) mass is 236 g/mol. The third-order valence-corrected chi connectivity index (χ3v) is 2.86. The summed E-state index contributed by atoms with van der Waals surface area (Å²) in [7, 11) is 0. The number of urea groups is 1. The zero-order valence-corrected chi connectivity index (χ0v) is 10.3. The summed E-state index contributed by atoms with van der Waals surface area (Å²) in [6.45, 7) is 4.20. The molecule has 5 nitrogen and oxygen atoms in total. The summed E-state index contributed by atoms with van der Waals surface area (Å²) in [6, 6.07) is -0.0834. The lowest BCUT2D eigenvalue weighted by atomic mass is 10.4. The van der Waals surface area contributed by atoms with Crippen LogP contribution in [-0.2, 0) is 6.54 Å². The lowest BCUT2D eigenvalue weighted by Crippen LogP contribution is -2.37. The van der Waals surface area contributed by atoms with E-state index in [0.29, 0.717) is 12.5 Å². The molecular formula is C12H20N4O. The number of hydrogen-bond acceptors (Lipinski definition) is 2. The maximum atomic E-state index is 11.3. The minimum atomic E-state index is -0.0834. The predicted octanol–water partition coefficient (Wildman–Crippen LogP) is 1.47. The third kappa shape index (κ3) is 3.47. The van der Waals surface area contributed by atoms with Gasteiger partial charge in [0.2, 0.25) is 0 Å². The minimum absolute atomic E-state index is 0.0834. The Morgan fingerprint density at radius 1 is 1.47 bits per heavy atom. The maximum Gasteiger partial charge on any atom is 0.314 e. The molecule has 1 fully saturated rings. The van der Waals surface area contributed by atoms with E-state index in [1.165, 1.54) is 18.7 Å². The number of nitrogens with one attached hydrogen (secondary N) is 2. The fourth-order valence-electron chi connectivity index (χ4n) is 1.80. The number of hydrogen-bond donors (Lipinski definition) is 2. The highest BCUT2D eigenvalue weighted by molar-refractivity contribution is 5.73. The van der Waals surface area contributed by atoms with E-state index in [0.717, 1.165) is 19.5 Å². The first-order valence-corrected chi connectivity index (χ1v) is 6.34. The van der Waals surface area contributed by atoms with Gasteiger partial charge in [0.05, 0.1) is 0 Å². The van der Waals surface area contributed by atoms with Crippen LogP contribution >= 0.6 is 0 Å². The Morgan fingerprint density at radius 2 is 2.24 bits per heavy atom. The Hall–Kier alpha value is -1.52. The number of nitrogens with zero attached hydrogens (tertiary/aromatic N) is 2. The van der Waals surface area contributed by atoms with Gasteiger partial charge in [-0.25, -0.2) is 9.78 Å². The van der Waals surface area contributed by atoms with E-state index in [2.05, 4.69) is 20.2 Å². The second-order valence-corrected chi connectivity index (χ2v) is 4.44. The number of carbonyl (C=O) groups excluding carboxylic acids is 1. The normalized spacial score (nSPS) is 14.6. The van der Waals surface area contributed by atoms with Crippen LogP contribution in [-0.4, -0.2) is 28.7 Å². The molecule has 0 aromatic carbocycles. The first-order valence-electron chi connectivity index (χ1n) is 6.34. The third-order valence-electron chi connectivity index (χ3n) is 2.86. The van der Waals surface area contributed by atoms with Crippen molar-refractivity contribution in [2.45, 2.75) is 38.6 Å². The Kier molecular flexibility index (Phi) is 4.01. The van der Waals surface area contributed by atoms with Crippen molar-refractivity contribution in [3.63, 3.8) is 0 Å². The smallest absolute Gasteiger partial charge is 0.314 e. The summed E-state index contributed by atoms with van der Waals surface area (Å²) >= 11 is 0. The zero-order chi connectivity index (χ0) is 12.1. The zero-order valence-electron chi connectivity index (χ0n) is 10.3. The van der Waals surface area contributed by atoms with Gasteiger partial charge in [0.15, 0.2) is 0 Å². The van der Waals surface area contributed by atoms with Crippen molar-refractivity contribution in [3.8, 4) is 0 Å². The molecule has 0 unspecified atom stereocenters. The molecule has 1 aromatic rings. The molecule has 1 saturated carbocycles. The summed E-state index contributed by atoms with van der Waals surface area (Å²) in [5.41, 5.74) is 0. The van der Waals surface area contributed by atoms with Crippen LogP contribution in [0.5, 0.6) is 0 Å². The minimum Gasteiger partial charge on any atom is -0.338 e. The molecule has 0 spiro atoms. The molecule has 2 N–H and O–H groups in total. The molecule has 17 heavy (non-hydrogen) atoms. The predicted molar refractivity (Wildman–Crippen MR) is 65.9 cm³/mol. The van der Waals surface area contributed by atoms with E-state index in [4.69, 9.17) is 0 Å². The number of carbonyl (C=O) groups is 1. The molecular weight excluding hydrogens is 216 g/mol. The summed E-state index contributed by atoms with van der Waals surface area (Å²) in [6.07, 6.45) is 7.29. The average molecular weight is 236 g/mol. The molecule has 2 amide bonds. The summed E-state index contributed by atoms with van der Waals surface area (Å²) in [4.78, 5) is 15.7. The van der Waals surface area contributed by atoms with Crippen LogP contribution in [0.1, 0.15) is 37.9 Å². The highest BCUT2D eigenvalue weighted by Gasteiger charge is 2.27. The first kappa shape index (κ1) is 12.0. The van der Waals surface area contributed by atoms with Crippen LogP contribution in [0.15, 0.2) is 12.4 Å². The summed E-state index contributed by atoms with van der Waals surface area (Å²) < 4.78 is 2.14. The fraction of sp³-hybridized carbons (Fsp3) is 0.667. The Morgan fingerprint density at radius 3 is 2.94 bits per heavy atom. The van der Waals surface area contributed by atoms with Crippen molar-refractivity contribution >= 4 is 6.03 Å². The van der Waals surface area contributed by atoms with Crippen molar-refractivity contribution in [2.24, 2.45) is 0 Å². The highest BCUT2D eigenvalue weighted by atomic mass is 16.2.